The third-order valence-corrected chi connectivity index (χ3v) is 4.78. The monoisotopic (exact) mass is 293 g/mol. The third-order valence-electron chi connectivity index (χ3n) is 3.44. The predicted molar refractivity (Wildman–Crippen MR) is 77.4 cm³/mol. The molecule has 1 fully saturated rings. The van der Waals surface area contributed by atoms with E-state index >= 15 is 0 Å². The number of nitriles is 1. The van der Waals surface area contributed by atoms with E-state index < -0.39 is 10.0 Å². The number of hydrogen-bond acceptors (Lipinski definition) is 4. The fourth-order valence-electron chi connectivity index (χ4n) is 2.09. The molecule has 1 aromatic carbocycles. The van der Waals surface area contributed by atoms with E-state index in [2.05, 4.69) is 9.62 Å². The molecule has 0 unspecified atom stereocenters. The van der Waals surface area contributed by atoms with Crippen LogP contribution >= 0.6 is 0 Å². The molecule has 1 N–H and O–H groups in total. The topological polar surface area (TPSA) is 73.2 Å². The van der Waals surface area contributed by atoms with Gasteiger partial charge in [0.1, 0.15) is 0 Å². The normalized spacial score (nSPS) is 15.2. The van der Waals surface area contributed by atoms with Gasteiger partial charge < -0.3 is 4.90 Å². The van der Waals surface area contributed by atoms with Crippen LogP contribution in [0.25, 0.3) is 0 Å². The van der Waals surface area contributed by atoms with Gasteiger partial charge in [0.2, 0.25) is 10.0 Å². The van der Waals surface area contributed by atoms with Crippen LogP contribution in [0.3, 0.4) is 0 Å². The lowest BCUT2D eigenvalue weighted by Crippen LogP contribution is -2.34. The van der Waals surface area contributed by atoms with E-state index in [4.69, 9.17) is 5.26 Å². The van der Waals surface area contributed by atoms with Crippen molar-refractivity contribution in [3.8, 4) is 6.07 Å². The molecule has 5 nitrogen and oxygen atoms in total. The van der Waals surface area contributed by atoms with Crippen molar-refractivity contribution in [2.45, 2.75) is 24.6 Å². The van der Waals surface area contributed by atoms with Crippen LogP contribution in [0.5, 0.6) is 0 Å². The van der Waals surface area contributed by atoms with E-state index in [-0.39, 0.29) is 5.75 Å². The minimum Gasteiger partial charge on any atom is -0.302 e. The molecule has 0 aromatic heterocycles. The predicted octanol–water partition coefficient (Wildman–Crippen LogP) is 1.07. The maximum Gasteiger partial charge on any atom is 0.215 e. The molecule has 6 heteroatoms. The Morgan fingerprint density at radius 3 is 2.75 bits per heavy atom. The highest BCUT2D eigenvalue weighted by Crippen LogP contribution is 2.24. The minimum atomic E-state index is -3.40. The molecule has 108 valence electrons. The standard InChI is InChI=1S/C14H19N3O2S/c1-17(14-6-7-14)9-8-16-20(18,19)11-13-5-3-2-4-12(13)10-15/h2-5,14,16H,6-9,11H2,1H3. The summed E-state index contributed by atoms with van der Waals surface area (Å²) in [4.78, 5) is 2.17. The van der Waals surface area contributed by atoms with Crippen LogP contribution in [0.2, 0.25) is 0 Å². The van der Waals surface area contributed by atoms with Crippen molar-refractivity contribution >= 4 is 10.0 Å². The van der Waals surface area contributed by atoms with E-state index in [0.29, 0.717) is 30.3 Å². The highest BCUT2D eigenvalue weighted by atomic mass is 32.2. The summed E-state index contributed by atoms with van der Waals surface area (Å²) < 4.78 is 26.6. The quantitative estimate of drug-likeness (QED) is 0.816. The van der Waals surface area contributed by atoms with Crippen molar-refractivity contribution in [3.05, 3.63) is 35.4 Å². The van der Waals surface area contributed by atoms with Crippen LogP contribution in [-0.4, -0.2) is 39.5 Å². The number of sulfonamides is 1. The van der Waals surface area contributed by atoms with E-state index in [1.54, 1.807) is 24.3 Å². The summed E-state index contributed by atoms with van der Waals surface area (Å²) in [6.45, 7) is 1.12. The lowest BCUT2D eigenvalue weighted by atomic mass is 10.1. The Bertz CT molecular complexity index is 603. The molecule has 0 saturated heterocycles. The molecule has 0 heterocycles. The molecular formula is C14H19N3O2S. The van der Waals surface area contributed by atoms with Gasteiger partial charge in [-0.2, -0.15) is 5.26 Å². The summed E-state index contributed by atoms with van der Waals surface area (Å²) >= 11 is 0. The van der Waals surface area contributed by atoms with Crippen LogP contribution in [0, 0.1) is 11.3 Å². The summed E-state index contributed by atoms with van der Waals surface area (Å²) in [5.74, 6) is -0.149. The van der Waals surface area contributed by atoms with Gasteiger partial charge in [0.05, 0.1) is 17.4 Å². The van der Waals surface area contributed by atoms with Crippen LogP contribution in [0.4, 0.5) is 0 Å². The van der Waals surface area contributed by atoms with Crippen molar-refractivity contribution in [2.75, 3.05) is 20.1 Å². The van der Waals surface area contributed by atoms with Crippen molar-refractivity contribution in [1.82, 2.24) is 9.62 Å². The maximum absolute atomic E-state index is 12.0. The van der Waals surface area contributed by atoms with Gasteiger partial charge in [-0.3, -0.25) is 0 Å². The zero-order chi connectivity index (χ0) is 14.6. The zero-order valence-corrected chi connectivity index (χ0v) is 12.4. The van der Waals surface area contributed by atoms with E-state index in [1.807, 2.05) is 13.1 Å². The summed E-state index contributed by atoms with van der Waals surface area (Å²) in [6, 6.07) is 9.42. The first-order chi connectivity index (χ1) is 9.52. The van der Waals surface area contributed by atoms with Gasteiger partial charge in [-0.05, 0) is 31.5 Å². The van der Waals surface area contributed by atoms with Crippen LogP contribution in [0.1, 0.15) is 24.0 Å². The minimum absolute atomic E-state index is 0.149. The molecule has 0 aliphatic heterocycles. The fourth-order valence-corrected chi connectivity index (χ4v) is 3.25. The van der Waals surface area contributed by atoms with Crippen LogP contribution in [0.15, 0.2) is 24.3 Å². The summed E-state index contributed by atoms with van der Waals surface area (Å²) in [5, 5.41) is 8.96. The molecule has 0 radical (unpaired) electrons. The first-order valence-corrected chi connectivity index (χ1v) is 8.32. The number of nitrogens with one attached hydrogen (secondary N) is 1. The first kappa shape index (κ1) is 15.0. The Balaban J connectivity index is 1.88. The number of likely N-dealkylation sites (N-methyl/N-ethyl adjacent to an activating group) is 1. The summed E-state index contributed by atoms with van der Waals surface area (Å²) in [5.41, 5.74) is 0.950. The second-order valence-corrected chi connectivity index (χ2v) is 6.94. The largest absolute Gasteiger partial charge is 0.302 e. The van der Waals surface area contributed by atoms with E-state index in [9.17, 15) is 8.42 Å². The second-order valence-electron chi connectivity index (χ2n) is 5.13. The van der Waals surface area contributed by atoms with Crippen LogP contribution < -0.4 is 4.72 Å². The number of rotatable bonds is 7. The van der Waals surface area contributed by atoms with Gasteiger partial charge in [0.25, 0.3) is 0 Å². The Morgan fingerprint density at radius 2 is 2.10 bits per heavy atom. The van der Waals surface area contributed by atoms with Crippen LogP contribution in [-0.2, 0) is 15.8 Å². The molecule has 0 bridgehead atoms. The van der Waals surface area contributed by atoms with Crippen molar-refractivity contribution in [2.24, 2.45) is 0 Å². The zero-order valence-electron chi connectivity index (χ0n) is 11.5. The number of nitrogens with zero attached hydrogens (tertiary/aromatic N) is 2. The van der Waals surface area contributed by atoms with Gasteiger partial charge in [-0.1, -0.05) is 18.2 Å². The molecule has 1 aliphatic carbocycles. The molecule has 1 aliphatic rings. The van der Waals surface area contributed by atoms with Gasteiger partial charge in [-0.25, -0.2) is 13.1 Å². The lowest BCUT2D eigenvalue weighted by molar-refractivity contribution is 0.329. The smallest absolute Gasteiger partial charge is 0.215 e. The Hall–Kier alpha value is -1.42. The van der Waals surface area contributed by atoms with Crippen molar-refractivity contribution < 1.29 is 8.42 Å². The Morgan fingerprint density at radius 1 is 1.40 bits per heavy atom. The molecule has 1 saturated carbocycles. The number of hydrogen-bond donors (Lipinski definition) is 1. The molecule has 1 aromatic rings. The number of benzene rings is 1. The molecule has 0 atom stereocenters. The molecular weight excluding hydrogens is 274 g/mol. The Kier molecular flexibility index (Phi) is 4.76. The lowest BCUT2D eigenvalue weighted by Gasteiger charge is -2.15. The van der Waals surface area contributed by atoms with Gasteiger partial charge in [-0.15, -0.1) is 0 Å². The maximum atomic E-state index is 12.0. The highest BCUT2D eigenvalue weighted by Gasteiger charge is 2.25. The van der Waals surface area contributed by atoms with Crippen molar-refractivity contribution in [1.29, 1.82) is 5.26 Å². The molecule has 2 rings (SSSR count). The average Bonchev–Trinajstić information content (AvgIpc) is 3.23. The SMILES string of the molecule is CN(CCNS(=O)(=O)Cc1ccccc1C#N)C1CC1. The first-order valence-electron chi connectivity index (χ1n) is 6.67. The summed E-state index contributed by atoms with van der Waals surface area (Å²) in [7, 11) is -1.39. The second kappa shape index (κ2) is 6.35. The average molecular weight is 293 g/mol. The fraction of sp³-hybridized carbons (Fsp3) is 0.500. The molecule has 0 spiro atoms. The highest BCUT2D eigenvalue weighted by molar-refractivity contribution is 7.88. The Labute approximate surface area is 120 Å². The molecule has 0 amide bonds. The van der Waals surface area contributed by atoms with E-state index in [0.717, 1.165) is 0 Å². The van der Waals surface area contributed by atoms with Gasteiger partial charge in [0, 0.05) is 19.1 Å². The third kappa shape index (κ3) is 4.30. The summed E-state index contributed by atoms with van der Waals surface area (Å²) in [6.07, 6.45) is 2.41. The molecule has 20 heavy (non-hydrogen) atoms. The van der Waals surface area contributed by atoms with Gasteiger partial charge in [0.15, 0.2) is 0 Å². The van der Waals surface area contributed by atoms with Crippen molar-refractivity contribution in [3.63, 3.8) is 0 Å². The van der Waals surface area contributed by atoms with Gasteiger partial charge >= 0.3 is 0 Å². The van der Waals surface area contributed by atoms with E-state index in [1.165, 1.54) is 12.8 Å².